The Kier molecular flexibility index (Phi) is 4.11. The van der Waals surface area contributed by atoms with Gasteiger partial charge in [0, 0.05) is 29.3 Å². The molecule has 7 heteroatoms. The molecule has 0 radical (unpaired) electrons. The van der Waals surface area contributed by atoms with Gasteiger partial charge in [0.1, 0.15) is 0 Å². The van der Waals surface area contributed by atoms with Gasteiger partial charge >= 0.3 is 6.03 Å². The number of aryl methyl sites for hydroxylation is 1. The summed E-state index contributed by atoms with van der Waals surface area (Å²) in [5, 5.41) is 4.76. The smallest absolute Gasteiger partial charge is 0.331 e. The number of benzene rings is 1. The van der Waals surface area contributed by atoms with E-state index in [0.29, 0.717) is 0 Å². The largest absolute Gasteiger partial charge is 0.352 e. The number of carbonyl (C=O) groups excluding carboxylic acids is 1. The van der Waals surface area contributed by atoms with Gasteiger partial charge in [-0.3, -0.25) is 5.73 Å². The standard InChI is InChI=1S/C13H20N6O/c1-2-6-18-7-5-9-8-10(3-4-11(9)18)17-12(14)19(16)13(15)20/h3-5,7-8,12,17H,2,6,14,16H2,1H3,(H2,15,20). The molecule has 1 heterocycles. The normalized spacial score (nSPS) is 12.3. The molecule has 0 fully saturated rings. The number of urea groups is 1. The number of anilines is 1. The Morgan fingerprint density at radius 3 is 2.85 bits per heavy atom. The minimum absolute atomic E-state index is 0.743. The van der Waals surface area contributed by atoms with Crippen molar-refractivity contribution in [3.8, 4) is 0 Å². The molecular formula is C13H20N6O. The topological polar surface area (TPSA) is 115 Å². The number of rotatable bonds is 5. The third-order valence-corrected chi connectivity index (χ3v) is 3.10. The molecule has 108 valence electrons. The first kappa shape index (κ1) is 14.2. The van der Waals surface area contributed by atoms with Crippen LogP contribution in [-0.2, 0) is 6.54 Å². The molecule has 2 aromatic rings. The summed E-state index contributed by atoms with van der Waals surface area (Å²) < 4.78 is 2.19. The van der Waals surface area contributed by atoms with E-state index in [4.69, 9.17) is 17.3 Å². The van der Waals surface area contributed by atoms with Gasteiger partial charge in [0.2, 0.25) is 0 Å². The third-order valence-electron chi connectivity index (χ3n) is 3.10. The zero-order valence-corrected chi connectivity index (χ0v) is 11.4. The molecule has 0 saturated heterocycles. The van der Waals surface area contributed by atoms with Gasteiger partial charge in [0.15, 0.2) is 6.29 Å². The quantitative estimate of drug-likeness (QED) is 0.282. The summed E-state index contributed by atoms with van der Waals surface area (Å²) in [6, 6.07) is 7.10. The van der Waals surface area contributed by atoms with Crippen molar-refractivity contribution in [1.82, 2.24) is 9.58 Å². The minimum atomic E-state index is -0.873. The van der Waals surface area contributed by atoms with Crippen LogP contribution in [0.15, 0.2) is 30.5 Å². The predicted octanol–water partition coefficient (Wildman–Crippen LogP) is 0.960. The summed E-state index contributed by atoms with van der Waals surface area (Å²) in [7, 11) is 0. The summed E-state index contributed by atoms with van der Waals surface area (Å²) >= 11 is 0. The first-order valence-electron chi connectivity index (χ1n) is 6.47. The second kappa shape index (κ2) is 5.81. The van der Waals surface area contributed by atoms with Crippen LogP contribution in [0.3, 0.4) is 0 Å². The number of hydrogen-bond donors (Lipinski definition) is 4. The number of amides is 2. The van der Waals surface area contributed by atoms with Gasteiger partial charge in [-0.05, 0) is 30.7 Å². The van der Waals surface area contributed by atoms with Crippen molar-refractivity contribution in [2.45, 2.75) is 26.2 Å². The summed E-state index contributed by atoms with van der Waals surface area (Å²) in [5.41, 5.74) is 12.7. The second-order valence-electron chi connectivity index (χ2n) is 4.62. The lowest BCUT2D eigenvalue weighted by Gasteiger charge is -2.23. The van der Waals surface area contributed by atoms with E-state index in [1.54, 1.807) is 0 Å². The van der Waals surface area contributed by atoms with Gasteiger partial charge in [0.25, 0.3) is 0 Å². The average molecular weight is 276 g/mol. The number of nitrogens with two attached hydrogens (primary N) is 3. The molecule has 1 aromatic carbocycles. The van der Waals surface area contributed by atoms with Gasteiger partial charge in [-0.2, -0.15) is 0 Å². The third kappa shape index (κ3) is 2.84. The molecule has 0 bridgehead atoms. The van der Waals surface area contributed by atoms with Crippen molar-refractivity contribution >= 4 is 22.6 Å². The maximum absolute atomic E-state index is 10.9. The highest BCUT2D eigenvalue weighted by Crippen LogP contribution is 2.21. The van der Waals surface area contributed by atoms with E-state index in [9.17, 15) is 4.79 Å². The highest BCUT2D eigenvalue weighted by Gasteiger charge is 2.13. The highest BCUT2D eigenvalue weighted by molar-refractivity contribution is 5.84. The molecule has 0 aliphatic rings. The van der Waals surface area contributed by atoms with Crippen LogP contribution in [0.5, 0.6) is 0 Å². The molecule has 1 aromatic heterocycles. The fraction of sp³-hybridized carbons (Fsp3) is 0.308. The number of carbonyl (C=O) groups is 1. The summed E-state index contributed by atoms with van der Waals surface area (Å²) in [5.74, 6) is 5.43. The van der Waals surface area contributed by atoms with Gasteiger partial charge in [-0.1, -0.05) is 6.92 Å². The lowest BCUT2D eigenvalue weighted by atomic mass is 10.2. The predicted molar refractivity (Wildman–Crippen MR) is 79.4 cm³/mol. The molecule has 1 unspecified atom stereocenters. The number of hydrazine groups is 1. The van der Waals surface area contributed by atoms with Crippen molar-refractivity contribution in [2.75, 3.05) is 5.32 Å². The van der Waals surface area contributed by atoms with Crippen LogP contribution in [0.1, 0.15) is 13.3 Å². The molecule has 0 aliphatic heterocycles. The van der Waals surface area contributed by atoms with Crippen LogP contribution >= 0.6 is 0 Å². The zero-order chi connectivity index (χ0) is 14.7. The van der Waals surface area contributed by atoms with Crippen molar-refractivity contribution in [2.24, 2.45) is 17.3 Å². The molecule has 20 heavy (non-hydrogen) atoms. The molecule has 0 saturated carbocycles. The number of aromatic nitrogens is 1. The van der Waals surface area contributed by atoms with E-state index >= 15 is 0 Å². The number of nitrogens with one attached hydrogen (secondary N) is 1. The Morgan fingerprint density at radius 1 is 1.45 bits per heavy atom. The summed E-state index contributed by atoms with van der Waals surface area (Å²) in [4.78, 5) is 10.9. The Hall–Kier alpha value is -2.25. The SMILES string of the molecule is CCCn1ccc2cc(NC(N)N(N)C(N)=O)ccc21. The van der Waals surface area contributed by atoms with Gasteiger partial charge in [0.05, 0.1) is 0 Å². The molecule has 1 atom stereocenters. The molecule has 0 spiro atoms. The minimum Gasteiger partial charge on any atom is -0.352 e. The molecule has 2 amide bonds. The number of fused-ring (bicyclic) bond motifs is 1. The van der Waals surface area contributed by atoms with Crippen LogP contribution < -0.4 is 22.6 Å². The molecule has 2 rings (SSSR count). The van der Waals surface area contributed by atoms with E-state index in [1.165, 1.54) is 0 Å². The van der Waals surface area contributed by atoms with Crippen molar-refractivity contribution in [3.05, 3.63) is 30.5 Å². The Balaban J connectivity index is 2.18. The van der Waals surface area contributed by atoms with Gasteiger partial charge in [-0.15, -0.1) is 0 Å². The van der Waals surface area contributed by atoms with Crippen LogP contribution in [0, 0.1) is 0 Å². The summed E-state index contributed by atoms with van der Waals surface area (Å²) in [6.45, 7) is 3.12. The molecule has 7 N–H and O–H groups in total. The van der Waals surface area contributed by atoms with Gasteiger partial charge < -0.3 is 15.6 Å². The highest BCUT2D eigenvalue weighted by atomic mass is 16.2. The molecule has 7 nitrogen and oxygen atoms in total. The van der Waals surface area contributed by atoms with Crippen molar-refractivity contribution < 1.29 is 4.79 Å². The first-order chi connectivity index (χ1) is 9.52. The fourth-order valence-electron chi connectivity index (χ4n) is 2.10. The van der Waals surface area contributed by atoms with E-state index < -0.39 is 12.3 Å². The average Bonchev–Trinajstić information content (AvgIpc) is 2.81. The Morgan fingerprint density at radius 2 is 2.20 bits per heavy atom. The van der Waals surface area contributed by atoms with Crippen LogP contribution in [0.2, 0.25) is 0 Å². The van der Waals surface area contributed by atoms with Gasteiger partial charge in [-0.25, -0.2) is 15.6 Å². The Labute approximate surface area is 117 Å². The number of primary amides is 1. The molecular weight excluding hydrogens is 256 g/mol. The molecule has 0 aliphatic carbocycles. The second-order valence-corrected chi connectivity index (χ2v) is 4.62. The Bertz CT molecular complexity index is 608. The van der Waals surface area contributed by atoms with Crippen LogP contribution in [0.4, 0.5) is 10.5 Å². The lowest BCUT2D eigenvalue weighted by Crippen LogP contribution is -2.56. The monoisotopic (exact) mass is 276 g/mol. The fourth-order valence-corrected chi connectivity index (χ4v) is 2.10. The van der Waals surface area contributed by atoms with E-state index in [0.717, 1.165) is 34.6 Å². The number of nitrogens with zero attached hydrogens (tertiary/aromatic N) is 2. The van der Waals surface area contributed by atoms with Crippen LogP contribution in [-0.4, -0.2) is 21.9 Å². The zero-order valence-electron chi connectivity index (χ0n) is 11.4. The van der Waals surface area contributed by atoms with Crippen molar-refractivity contribution in [1.29, 1.82) is 0 Å². The van der Waals surface area contributed by atoms with E-state index in [2.05, 4.69) is 23.0 Å². The van der Waals surface area contributed by atoms with Crippen molar-refractivity contribution in [3.63, 3.8) is 0 Å². The first-order valence-corrected chi connectivity index (χ1v) is 6.47. The maximum Gasteiger partial charge on any atom is 0.331 e. The van der Waals surface area contributed by atoms with E-state index in [1.807, 2.05) is 24.3 Å². The van der Waals surface area contributed by atoms with E-state index in [-0.39, 0.29) is 0 Å². The lowest BCUT2D eigenvalue weighted by molar-refractivity contribution is 0.193. The van der Waals surface area contributed by atoms with Crippen LogP contribution in [0.25, 0.3) is 10.9 Å². The maximum atomic E-state index is 10.9. The number of hydrogen-bond acceptors (Lipinski definition) is 4. The summed E-state index contributed by atoms with van der Waals surface area (Å²) in [6.07, 6.45) is 2.26.